The molecule has 1 saturated heterocycles. The fraction of sp³-hybridized carbons (Fsp3) is 0.611. The third-order valence-corrected chi connectivity index (χ3v) is 6.70. The number of amides is 1. The molecular weight excluding hydrogens is 324 g/mol. The van der Waals surface area contributed by atoms with Gasteiger partial charge in [-0.2, -0.15) is 0 Å². The van der Waals surface area contributed by atoms with Gasteiger partial charge in [0.05, 0.1) is 10.1 Å². The van der Waals surface area contributed by atoms with E-state index in [9.17, 15) is 13.2 Å². The first-order valence-corrected chi connectivity index (χ1v) is 10.3. The minimum Gasteiger partial charge on any atom is -0.336 e. The average Bonchev–Trinajstić information content (AvgIpc) is 2.60. The zero-order valence-corrected chi connectivity index (χ0v) is 15.6. The molecule has 1 fully saturated rings. The van der Waals surface area contributed by atoms with E-state index in [1.807, 2.05) is 4.90 Å². The standard InChI is InChI=1S/C18H28N2O3S/c1-4-13-20(16-9-11-19-12-10-16)18(21)15-5-7-17(8-6-15)24(22,23)14(2)3/h5-8,14,16,19H,4,9-13H2,1-3H3. The van der Waals surface area contributed by atoms with Crippen LogP contribution in [0.3, 0.4) is 0 Å². The molecule has 1 heterocycles. The van der Waals surface area contributed by atoms with Gasteiger partial charge in [0.15, 0.2) is 9.84 Å². The molecule has 134 valence electrons. The van der Waals surface area contributed by atoms with Crippen LogP contribution in [0.5, 0.6) is 0 Å². The summed E-state index contributed by atoms with van der Waals surface area (Å²) in [6, 6.07) is 6.64. The Morgan fingerprint density at radius 2 is 1.79 bits per heavy atom. The summed E-state index contributed by atoms with van der Waals surface area (Å²) in [6.07, 6.45) is 2.84. The Balaban J connectivity index is 2.20. The van der Waals surface area contributed by atoms with Crippen molar-refractivity contribution in [1.29, 1.82) is 0 Å². The maximum atomic E-state index is 12.9. The first kappa shape index (κ1) is 18.9. The highest BCUT2D eigenvalue weighted by Gasteiger charge is 2.26. The molecule has 0 aromatic heterocycles. The first-order valence-electron chi connectivity index (χ1n) is 8.73. The van der Waals surface area contributed by atoms with Crippen LogP contribution in [0, 0.1) is 0 Å². The van der Waals surface area contributed by atoms with Gasteiger partial charge in [-0.1, -0.05) is 6.92 Å². The summed E-state index contributed by atoms with van der Waals surface area (Å²) in [5.74, 6) is -0.00255. The molecule has 0 atom stereocenters. The van der Waals surface area contributed by atoms with Gasteiger partial charge >= 0.3 is 0 Å². The van der Waals surface area contributed by atoms with E-state index in [4.69, 9.17) is 0 Å². The van der Waals surface area contributed by atoms with Gasteiger partial charge in [-0.3, -0.25) is 4.79 Å². The van der Waals surface area contributed by atoms with Gasteiger partial charge in [0.2, 0.25) is 0 Å². The molecule has 0 bridgehead atoms. The van der Waals surface area contributed by atoms with Crippen molar-refractivity contribution in [1.82, 2.24) is 10.2 Å². The van der Waals surface area contributed by atoms with E-state index in [2.05, 4.69) is 12.2 Å². The fourth-order valence-electron chi connectivity index (χ4n) is 3.03. The molecule has 1 aliphatic rings. The smallest absolute Gasteiger partial charge is 0.254 e. The summed E-state index contributed by atoms with van der Waals surface area (Å²) < 4.78 is 24.4. The highest BCUT2D eigenvalue weighted by atomic mass is 32.2. The van der Waals surface area contributed by atoms with Crippen LogP contribution in [0.25, 0.3) is 0 Å². The third kappa shape index (κ3) is 4.16. The summed E-state index contributed by atoms with van der Waals surface area (Å²) in [6.45, 7) is 7.99. The maximum Gasteiger partial charge on any atom is 0.254 e. The van der Waals surface area contributed by atoms with Gasteiger partial charge in [-0.25, -0.2) is 8.42 Å². The number of nitrogens with zero attached hydrogens (tertiary/aromatic N) is 1. The summed E-state index contributed by atoms with van der Waals surface area (Å²) in [4.78, 5) is 15.1. The van der Waals surface area contributed by atoms with E-state index in [1.54, 1.807) is 38.1 Å². The van der Waals surface area contributed by atoms with Crippen molar-refractivity contribution in [3.05, 3.63) is 29.8 Å². The first-order chi connectivity index (χ1) is 11.4. The summed E-state index contributed by atoms with van der Waals surface area (Å²) in [5.41, 5.74) is 0.560. The second kappa shape index (κ2) is 8.12. The Labute approximate surface area is 145 Å². The van der Waals surface area contributed by atoms with Crippen molar-refractivity contribution in [2.75, 3.05) is 19.6 Å². The predicted octanol–water partition coefficient (Wildman–Crippen LogP) is 2.47. The lowest BCUT2D eigenvalue weighted by atomic mass is 10.0. The highest BCUT2D eigenvalue weighted by Crippen LogP contribution is 2.20. The second-order valence-corrected chi connectivity index (χ2v) is 9.10. The van der Waals surface area contributed by atoms with E-state index in [-0.39, 0.29) is 16.8 Å². The number of carbonyl (C=O) groups is 1. The minimum absolute atomic E-state index is 0.00255. The molecule has 2 rings (SSSR count). The van der Waals surface area contributed by atoms with Crippen LogP contribution in [-0.2, 0) is 9.84 Å². The summed E-state index contributed by atoms with van der Waals surface area (Å²) in [5, 5.41) is 2.85. The molecule has 0 radical (unpaired) electrons. The van der Waals surface area contributed by atoms with Gasteiger partial charge in [-0.15, -0.1) is 0 Å². The number of nitrogens with one attached hydrogen (secondary N) is 1. The number of hydrogen-bond acceptors (Lipinski definition) is 4. The lowest BCUT2D eigenvalue weighted by molar-refractivity contribution is 0.0642. The van der Waals surface area contributed by atoms with Gasteiger partial charge in [-0.05, 0) is 70.5 Å². The number of rotatable bonds is 6. The second-order valence-electron chi connectivity index (χ2n) is 6.60. The molecule has 0 spiro atoms. The van der Waals surface area contributed by atoms with Crippen LogP contribution in [0.1, 0.15) is 50.4 Å². The molecule has 5 nitrogen and oxygen atoms in total. The molecule has 1 aromatic carbocycles. The van der Waals surface area contributed by atoms with E-state index < -0.39 is 15.1 Å². The van der Waals surface area contributed by atoms with Gasteiger partial charge < -0.3 is 10.2 Å². The van der Waals surface area contributed by atoms with Crippen LogP contribution < -0.4 is 5.32 Å². The third-order valence-electron chi connectivity index (χ3n) is 4.53. The Kier molecular flexibility index (Phi) is 6.40. The monoisotopic (exact) mass is 352 g/mol. The van der Waals surface area contributed by atoms with Crippen molar-refractivity contribution in [2.24, 2.45) is 0 Å². The van der Waals surface area contributed by atoms with Crippen molar-refractivity contribution >= 4 is 15.7 Å². The normalized spacial score (nSPS) is 16.3. The fourth-order valence-corrected chi connectivity index (χ4v) is 4.09. The van der Waals surface area contributed by atoms with Crippen LogP contribution in [0.15, 0.2) is 29.2 Å². The summed E-state index contributed by atoms with van der Waals surface area (Å²) >= 11 is 0. The van der Waals surface area contributed by atoms with E-state index in [0.717, 1.165) is 38.9 Å². The topological polar surface area (TPSA) is 66.5 Å². The number of sulfone groups is 1. The molecular formula is C18H28N2O3S. The molecule has 1 amide bonds. The molecule has 0 saturated carbocycles. The highest BCUT2D eigenvalue weighted by molar-refractivity contribution is 7.92. The zero-order chi connectivity index (χ0) is 17.7. The minimum atomic E-state index is -3.30. The van der Waals surface area contributed by atoms with Gasteiger partial charge in [0.1, 0.15) is 0 Å². The number of benzene rings is 1. The average molecular weight is 353 g/mol. The Hall–Kier alpha value is -1.40. The van der Waals surface area contributed by atoms with Crippen molar-refractivity contribution in [3.63, 3.8) is 0 Å². The van der Waals surface area contributed by atoms with Crippen LogP contribution in [0.2, 0.25) is 0 Å². The SMILES string of the molecule is CCCN(C(=O)c1ccc(S(=O)(=O)C(C)C)cc1)C1CCNCC1. The van der Waals surface area contributed by atoms with Crippen LogP contribution >= 0.6 is 0 Å². The largest absolute Gasteiger partial charge is 0.336 e. The Morgan fingerprint density at radius 3 is 2.29 bits per heavy atom. The molecule has 1 aromatic rings. The van der Waals surface area contributed by atoms with Gasteiger partial charge in [0.25, 0.3) is 5.91 Å². The maximum absolute atomic E-state index is 12.9. The lowest BCUT2D eigenvalue weighted by Crippen LogP contribution is -2.46. The van der Waals surface area contributed by atoms with Crippen LogP contribution in [-0.4, -0.2) is 50.2 Å². The molecule has 1 N–H and O–H groups in total. The van der Waals surface area contributed by atoms with Crippen molar-refractivity contribution in [3.8, 4) is 0 Å². The Bertz CT molecular complexity index is 647. The summed E-state index contributed by atoms with van der Waals surface area (Å²) in [7, 11) is -3.30. The van der Waals surface area contributed by atoms with Crippen LogP contribution in [0.4, 0.5) is 0 Å². The lowest BCUT2D eigenvalue weighted by Gasteiger charge is -2.34. The molecule has 6 heteroatoms. The number of piperidine rings is 1. The molecule has 0 unspecified atom stereocenters. The zero-order valence-electron chi connectivity index (χ0n) is 14.8. The predicted molar refractivity (Wildman–Crippen MR) is 96.0 cm³/mol. The molecule has 1 aliphatic heterocycles. The van der Waals surface area contributed by atoms with Gasteiger partial charge in [0, 0.05) is 18.2 Å². The number of carbonyl (C=O) groups excluding carboxylic acids is 1. The van der Waals surface area contributed by atoms with Crippen molar-refractivity contribution in [2.45, 2.75) is 56.2 Å². The molecule has 0 aliphatic carbocycles. The number of hydrogen-bond donors (Lipinski definition) is 1. The quantitative estimate of drug-likeness (QED) is 0.854. The Morgan fingerprint density at radius 1 is 1.21 bits per heavy atom. The van der Waals surface area contributed by atoms with Crippen molar-refractivity contribution < 1.29 is 13.2 Å². The molecule has 24 heavy (non-hydrogen) atoms. The van der Waals surface area contributed by atoms with E-state index in [1.165, 1.54) is 0 Å². The van der Waals surface area contributed by atoms with E-state index >= 15 is 0 Å². The van der Waals surface area contributed by atoms with E-state index in [0.29, 0.717) is 5.56 Å².